The third-order valence-electron chi connectivity index (χ3n) is 4.76. The number of carboxylic acids is 1. The zero-order valence-corrected chi connectivity index (χ0v) is 16.2. The normalized spacial score (nSPS) is 16.4. The Kier molecular flexibility index (Phi) is 6.08. The van der Waals surface area contributed by atoms with Gasteiger partial charge >= 0.3 is 5.97 Å². The second kappa shape index (κ2) is 7.75. The van der Waals surface area contributed by atoms with Crippen LogP contribution in [-0.2, 0) is 19.6 Å². The first-order valence-corrected chi connectivity index (χ1v) is 10.2. The Morgan fingerprint density at radius 2 is 1.65 bits per heavy atom. The van der Waals surface area contributed by atoms with Crippen molar-refractivity contribution >= 4 is 21.9 Å². The lowest BCUT2D eigenvalue weighted by atomic mass is 9.97. The number of hydrogen-bond donors (Lipinski definition) is 3. The summed E-state index contributed by atoms with van der Waals surface area (Å²) in [6.07, 6.45) is 2.21. The van der Waals surface area contributed by atoms with Crippen molar-refractivity contribution in [1.82, 2.24) is 10.0 Å². The van der Waals surface area contributed by atoms with E-state index in [4.69, 9.17) is 0 Å². The molecule has 144 valence electrons. The molecule has 1 aromatic rings. The molecule has 1 fully saturated rings. The van der Waals surface area contributed by atoms with Gasteiger partial charge in [0, 0.05) is 13.0 Å². The van der Waals surface area contributed by atoms with Crippen molar-refractivity contribution in [2.24, 2.45) is 0 Å². The minimum atomic E-state index is -3.74. The number of rotatable bonds is 7. The van der Waals surface area contributed by atoms with Crippen LogP contribution in [0.15, 0.2) is 17.0 Å². The molecule has 1 amide bonds. The van der Waals surface area contributed by atoms with Crippen molar-refractivity contribution in [3.8, 4) is 0 Å². The molecule has 0 unspecified atom stereocenters. The molecule has 2 rings (SSSR count). The van der Waals surface area contributed by atoms with Crippen molar-refractivity contribution in [3.63, 3.8) is 0 Å². The average molecular weight is 382 g/mol. The maximum atomic E-state index is 12.5. The van der Waals surface area contributed by atoms with Gasteiger partial charge in [-0.1, -0.05) is 30.5 Å². The fourth-order valence-corrected chi connectivity index (χ4v) is 5.14. The maximum absolute atomic E-state index is 12.5. The molecule has 8 heteroatoms. The fraction of sp³-hybridized carbons (Fsp3) is 0.556. The average Bonchev–Trinajstić information content (AvgIpc) is 2.95. The van der Waals surface area contributed by atoms with Crippen molar-refractivity contribution in [2.75, 3.05) is 6.54 Å². The smallest absolute Gasteiger partial charge is 0.329 e. The van der Waals surface area contributed by atoms with Gasteiger partial charge in [0.05, 0.1) is 4.90 Å². The highest BCUT2D eigenvalue weighted by Crippen LogP contribution is 2.30. The van der Waals surface area contributed by atoms with Gasteiger partial charge < -0.3 is 10.4 Å². The third kappa shape index (κ3) is 4.42. The number of aryl methyl sites for hydroxylation is 3. The van der Waals surface area contributed by atoms with E-state index in [1.807, 2.05) is 6.92 Å². The van der Waals surface area contributed by atoms with Crippen molar-refractivity contribution < 1.29 is 23.1 Å². The molecule has 1 aliphatic rings. The van der Waals surface area contributed by atoms with Crippen LogP contribution in [0.5, 0.6) is 0 Å². The third-order valence-corrected chi connectivity index (χ3v) is 6.53. The van der Waals surface area contributed by atoms with Gasteiger partial charge in [-0.25, -0.2) is 17.9 Å². The summed E-state index contributed by atoms with van der Waals surface area (Å²) in [5, 5.41) is 11.9. The summed E-state index contributed by atoms with van der Waals surface area (Å²) >= 11 is 0. The Hall–Kier alpha value is -1.93. The molecule has 1 saturated carbocycles. The monoisotopic (exact) mass is 382 g/mol. The summed E-state index contributed by atoms with van der Waals surface area (Å²) in [5.74, 6) is -1.50. The summed E-state index contributed by atoms with van der Waals surface area (Å²) in [6.45, 7) is 5.28. The zero-order valence-electron chi connectivity index (χ0n) is 15.4. The van der Waals surface area contributed by atoms with Crippen molar-refractivity contribution in [2.45, 2.75) is 63.3 Å². The molecule has 1 aromatic carbocycles. The van der Waals surface area contributed by atoms with E-state index in [1.165, 1.54) is 0 Å². The number of benzene rings is 1. The molecule has 0 bridgehead atoms. The van der Waals surface area contributed by atoms with Crippen LogP contribution in [0.3, 0.4) is 0 Å². The quantitative estimate of drug-likeness (QED) is 0.665. The number of carboxylic acid groups (broad SMARTS) is 1. The van der Waals surface area contributed by atoms with Crippen LogP contribution >= 0.6 is 0 Å². The van der Waals surface area contributed by atoms with Crippen molar-refractivity contribution in [3.05, 3.63) is 28.8 Å². The Morgan fingerprint density at radius 3 is 2.15 bits per heavy atom. The molecular weight excluding hydrogens is 356 g/mol. The summed E-state index contributed by atoms with van der Waals surface area (Å²) in [4.78, 5) is 23.8. The molecule has 0 spiro atoms. The predicted octanol–water partition coefficient (Wildman–Crippen LogP) is 1.79. The van der Waals surface area contributed by atoms with Crippen LogP contribution in [0.2, 0.25) is 0 Å². The topological polar surface area (TPSA) is 113 Å². The molecule has 0 atom stereocenters. The standard InChI is InChI=1S/C18H26N2O5S/c1-12-10-13(2)16(14(3)11-12)26(24,25)19-9-6-15(21)20-18(17(22)23)7-4-5-8-18/h10-11,19H,4-9H2,1-3H3,(H,20,21)(H,22,23). The van der Waals surface area contributed by atoms with E-state index in [9.17, 15) is 23.1 Å². The largest absolute Gasteiger partial charge is 0.480 e. The molecule has 0 heterocycles. The van der Waals surface area contributed by atoms with Crippen LogP contribution in [0.25, 0.3) is 0 Å². The lowest BCUT2D eigenvalue weighted by molar-refractivity contribution is -0.147. The van der Waals surface area contributed by atoms with E-state index in [1.54, 1.807) is 26.0 Å². The first kappa shape index (κ1) is 20.4. The molecule has 3 N–H and O–H groups in total. The Morgan fingerprint density at radius 1 is 1.12 bits per heavy atom. The van der Waals surface area contributed by atoms with Crippen LogP contribution in [0, 0.1) is 20.8 Å². The van der Waals surface area contributed by atoms with Crippen LogP contribution in [0.1, 0.15) is 48.8 Å². The molecule has 0 aromatic heterocycles. The molecule has 0 aliphatic heterocycles. The minimum absolute atomic E-state index is 0.0867. The minimum Gasteiger partial charge on any atom is -0.480 e. The number of sulfonamides is 1. The number of hydrogen-bond acceptors (Lipinski definition) is 4. The SMILES string of the molecule is Cc1cc(C)c(S(=O)(=O)NCCC(=O)NC2(C(=O)O)CCCC2)c(C)c1. The molecule has 26 heavy (non-hydrogen) atoms. The van der Waals surface area contributed by atoms with Gasteiger partial charge in [0.1, 0.15) is 5.54 Å². The fourth-order valence-electron chi connectivity index (χ4n) is 3.66. The van der Waals surface area contributed by atoms with Gasteiger partial charge in [-0.2, -0.15) is 0 Å². The highest BCUT2D eigenvalue weighted by Gasteiger charge is 2.42. The Labute approximate surface area is 154 Å². The van der Waals surface area contributed by atoms with E-state index in [0.717, 1.165) is 18.4 Å². The number of carbonyl (C=O) groups is 2. The van der Waals surface area contributed by atoms with E-state index in [2.05, 4.69) is 10.0 Å². The molecule has 7 nitrogen and oxygen atoms in total. The highest BCUT2D eigenvalue weighted by atomic mass is 32.2. The summed E-state index contributed by atoms with van der Waals surface area (Å²) in [7, 11) is -3.74. The number of aliphatic carboxylic acids is 1. The first-order valence-electron chi connectivity index (χ1n) is 8.69. The molecular formula is C18H26N2O5S. The Balaban J connectivity index is 1.99. The summed E-state index contributed by atoms with van der Waals surface area (Å²) in [5.41, 5.74) is 1.07. The van der Waals surface area contributed by atoms with Crippen LogP contribution in [-0.4, -0.2) is 37.5 Å². The van der Waals surface area contributed by atoms with E-state index >= 15 is 0 Å². The van der Waals surface area contributed by atoms with Crippen LogP contribution in [0.4, 0.5) is 0 Å². The molecule has 0 saturated heterocycles. The van der Waals surface area contributed by atoms with Crippen molar-refractivity contribution in [1.29, 1.82) is 0 Å². The molecule has 1 aliphatic carbocycles. The first-order chi connectivity index (χ1) is 12.1. The van der Waals surface area contributed by atoms with E-state index in [-0.39, 0.29) is 17.9 Å². The number of carbonyl (C=O) groups excluding carboxylic acids is 1. The summed E-state index contributed by atoms with van der Waals surface area (Å²) < 4.78 is 27.5. The van der Waals surface area contributed by atoms with Gasteiger partial charge in [-0.3, -0.25) is 4.79 Å². The second-order valence-corrected chi connectivity index (χ2v) is 8.72. The number of nitrogens with one attached hydrogen (secondary N) is 2. The predicted molar refractivity (Wildman–Crippen MR) is 97.4 cm³/mol. The van der Waals surface area contributed by atoms with E-state index < -0.39 is 27.4 Å². The zero-order chi connectivity index (χ0) is 19.5. The summed E-state index contributed by atoms with van der Waals surface area (Å²) in [6, 6.07) is 3.59. The lowest BCUT2D eigenvalue weighted by Gasteiger charge is -2.25. The number of amides is 1. The van der Waals surface area contributed by atoms with Gasteiger partial charge in [-0.05, 0) is 44.7 Å². The van der Waals surface area contributed by atoms with Crippen LogP contribution < -0.4 is 10.0 Å². The Bertz CT molecular complexity index is 788. The van der Waals surface area contributed by atoms with Gasteiger partial charge in [0.2, 0.25) is 15.9 Å². The van der Waals surface area contributed by atoms with E-state index in [0.29, 0.717) is 24.0 Å². The van der Waals surface area contributed by atoms with Gasteiger partial charge in [0.15, 0.2) is 0 Å². The highest BCUT2D eigenvalue weighted by molar-refractivity contribution is 7.89. The van der Waals surface area contributed by atoms with Gasteiger partial charge in [0.25, 0.3) is 0 Å². The van der Waals surface area contributed by atoms with Gasteiger partial charge in [-0.15, -0.1) is 0 Å². The second-order valence-electron chi connectivity index (χ2n) is 7.02. The molecule has 0 radical (unpaired) electrons. The lowest BCUT2D eigenvalue weighted by Crippen LogP contribution is -2.52. The maximum Gasteiger partial charge on any atom is 0.329 e.